The average molecular weight is 406 g/mol. The van der Waals surface area contributed by atoms with Crippen molar-refractivity contribution in [3.05, 3.63) is 28.8 Å². The van der Waals surface area contributed by atoms with Gasteiger partial charge in [-0.3, -0.25) is 15.0 Å². The van der Waals surface area contributed by atoms with Crippen LogP contribution in [0, 0.1) is 0 Å². The van der Waals surface area contributed by atoms with Gasteiger partial charge in [0.15, 0.2) is 5.13 Å². The highest BCUT2D eigenvalue weighted by molar-refractivity contribution is 7.15. The Morgan fingerprint density at radius 1 is 1.21 bits per heavy atom. The van der Waals surface area contributed by atoms with E-state index in [9.17, 15) is 9.59 Å². The Morgan fingerprint density at radius 2 is 2.04 bits per heavy atom. The number of benzene rings is 1. The van der Waals surface area contributed by atoms with Crippen LogP contribution in [0.2, 0.25) is 0 Å². The van der Waals surface area contributed by atoms with E-state index in [1.54, 1.807) is 32.4 Å². The van der Waals surface area contributed by atoms with E-state index in [4.69, 9.17) is 9.47 Å². The van der Waals surface area contributed by atoms with Crippen LogP contribution in [0.3, 0.4) is 0 Å². The number of anilines is 2. The van der Waals surface area contributed by atoms with Crippen molar-refractivity contribution in [2.45, 2.75) is 13.0 Å². The number of fused-ring (bicyclic) bond motifs is 1. The first-order chi connectivity index (χ1) is 13.5. The summed E-state index contributed by atoms with van der Waals surface area (Å²) >= 11 is 1.39. The van der Waals surface area contributed by atoms with Crippen LogP contribution in [0.4, 0.5) is 15.6 Å². The fourth-order valence-electron chi connectivity index (χ4n) is 2.88. The van der Waals surface area contributed by atoms with Crippen molar-refractivity contribution in [3.8, 4) is 11.5 Å². The number of ether oxygens (including phenoxy) is 3. The highest BCUT2D eigenvalue weighted by Gasteiger charge is 2.23. The fraction of sp³-hybridized carbons (Fsp3) is 0.389. The summed E-state index contributed by atoms with van der Waals surface area (Å²) in [5, 5.41) is 5.96. The van der Waals surface area contributed by atoms with Gasteiger partial charge in [0.2, 0.25) is 5.91 Å². The second kappa shape index (κ2) is 8.89. The molecule has 1 aliphatic rings. The normalized spacial score (nSPS) is 13.4. The van der Waals surface area contributed by atoms with E-state index in [0.29, 0.717) is 41.8 Å². The van der Waals surface area contributed by atoms with Crippen LogP contribution in [0.25, 0.3) is 0 Å². The summed E-state index contributed by atoms with van der Waals surface area (Å²) in [6.07, 6.45) is 0.166. The van der Waals surface area contributed by atoms with Crippen molar-refractivity contribution in [3.63, 3.8) is 0 Å². The molecule has 0 bridgehead atoms. The third-order valence-corrected chi connectivity index (χ3v) is 5.25. The number of thiazole rings is 1. The maximum absolute atomic E-state index is 12.5. The number of nitrogens with zero attached hydrogens (tertiary/aromatic N) is 2. The second-order valence-electron chi connectivity index (χ2n) is 6.08. The third kappa shape index (κ3) is 4.70. The van der Waals surface area contributed by atoms with Gasteiger partial charge >= 0.3 is 6.09 Å². The summed E-state index contributed by atoms with van der Waals surface area (Å²) in [5.74, 6) is 1.05. The highest BCUT2D eigenvalue weighted by Crippen LogP contribution is 2.30. The molecule has 0 atom stereocenters. The first-order valence-corrected chi connectivity index (χ1v) is 9.41. The molecule has 0 saturated heterocycles. The van der Waals surface area contributed by atoms with Crippen LogP contribution < -0.4 is 20.1 Å². The quantitative estimate of drug-likeness (QED) is 0.759. The van der Waals surface area contributed by atoms with Crippen LogP contribution in [0.1, 0.15) is 10.6 Å². The Labute approximate surface area is 166 Å². The van der Waals surface area contributed by atoms with Crippen molar-refractivity contribution in [1.29, 1.82) is 0 Å². The molecule has 28 heavy (non-hydrogen) atoms. The Hall–Kier alpha value is -2.85. The summed E-state index contributed by atoms with van der Waals surface area (Å²) in [7, 11) is 4.42. The van der Waals surface area contributed by atoms with Crippen molar-refractivity contribution >= 4 is 34.2 Å². The minimum atomic E-state index is -0.547. The molecule has 10 heteroatoms. The van der Waals surface area contributed by atoms with Gasteiger partial charge in [-0.15, -0.1) is 0 Å². The summed E-state index contributed by atoms with van der Waals surface area (Å²) in [5.41, 5.74) is 1.51. The Kier molecular flexibility index (Phi) is 6.32. The van der Waals surface area contributed by atoms with E-state index in [1.807, 2.05) is 4.90 Å². The van der Waals surface area contributed by atoms with Gasteiger partial charge in [0, 0.05) is 30.5 Å². The van der Waals surface area contributed by atoms with E-state index in [0.717, 1.165) is 10.6 Å². The predicted octanol–water partition coefficient (Wildman–Crippen LogP) is 2.34. The number of amides is 2. The smallest absolute Gasteiger partial charge is 0.413 e. The number of hydrogen-bond acceptors (Lipinski definition) is 8. The monoisotopic (exact) mass is 406 g/mol. The number of hydrogen-bond donors (Lipinski definition) is 2. The highest BCUT2D eigenvalue weighted by atomic mass is 32.1. The second-order valence-corrected chi connectivity index (χ2v) is 7.16. The summed E-state index contributed by atoms with van der Waals surface area (Å²) < 4.78 is 15.1. The minimum Gasteiger partial charge on any atom is -0.497 e. The lowest BCUT2D eigenvalue weighted by Crippen LogP contribution is -2.36. The van der Waals surface area contributed by atoms with Crippen LogP contribution in [0.15, 0.2) is 18.2 Å². The SMILES string of the molecule is COC(=O)Nc1nc2c(s1)CN(CC(=O)Nc1cc(OC)ccc1OC)CC2. The van der Waals surface area contributed by atoms with Crippen LogP contribution in [0.5, 0.6) is 11.5 Å². The van der Waals surface area contributed by atoms with Crippen LogP contribution in [-0.2, 0) is 22.5 Å². The van der Waals surface area contributed by atoms with Gasteiger partial charge < -0.3 is 19.5 Å². The Morgan fingerprint density at radius 3 is 2.75 bits per heavy atom. The number of aromatic nitrogens is 1. The van der Waals surface area contributed by atoms with Crippen molar-refractivity contribution in [2.24, 2.45) is 0 Å². The lowest BCUT2D eigenvalue weighted by Gasteiger charge is -2.25. The van der Waals surface area contributed by atoms with E-state index in [1.165, 1.54) is 18.4 Å². The molecule has 150 valence electrons. The average Bonchev–Trinajstić information content (AvgIpc) is 3.09. The largest absolute Gasteiger partial charge is 0.497 e. The number of carbonyl (C=O) groups is 2. The third-order valence-electron chi connectivity index (χ3n) is 4.25. The molecule has 0 radical (unpaired) electrons. The molecule has 9 nitrogen and oxygen atoms in total. The number of nitrogens with one attached hydrogen (secondary N) is 2. The van der Waals surface area contributed by atoms with Crippen LogP contribution in [-0.4, -0.2) is 56.3 Å². The first kappa shape index (κ1) is 19.9. The first-order valence-electron chi connectivity index (χ1n) is 8.60. The molecule has 0 fully saturated rings. The molecule has 0 aliphatic carbocycles. The number of carbonyl (C=O) groups excluding carboxylic acids is 2. The fourth-order valence-corrected chi connectivity index (χ4v) is 3.92. The molecule has 2 aromatic rings. The molecule has 1 aliphatic heterocycles. The molecule has 2 heterocycles. The zero-order valence-electron chi connectivity index (χ0n) is 15.9. The molecule has 1 aromatic carbocycles. The van der Waals surface area contributed by atoms with Gasteiger partial charge in [0.1, 0.15) is 11.5 Å². The van der Waals surface area contributed by atoms with Crippen molar-refractivity contribution in [2.75, 3.05) is 45.1 Å². The topological polar surface area (TPSA) is 102 Å². The number of methoxy groups -OCH3 is 3. The van der Waals surface area contributed by atoms with Crippen LogP contribution >= 0.6 is 11.3 Å². The molecule has 2 N–H and O–H groups in total. The summed E-state index contributed by atoms with van der Waals surface area (Å²) in [6, 6.07) is 5.23. The lowest BCUT2D eigenvalue weighted by molar-refractivity contribution is -0.117. The molecule has 2 amide bonds. The zero-order chi connectivity index (χ0) is 20.1. The molecule has 1 aromatic heterocycles. The van der Waals surface area contributed by atoms with E-state index in [-0.39, 0.29) is 12.5 Å². The van der Waals surface area contributed by atoms with E-state index in [2.05, 4.69) is 20.4 Å². The molecule has 0 spiro atoms. The van der Waals surface area contributed by atoms with E-state index < -0.39 is 6.09 Å². The Balaban J connectivity index is 1.61. The van der Waals surface area contributed by atoms with Gasteiger partial charge in [-0.25, -0.2) is 9.78 Å². The number of rotatable bonds is 6. The summed E-state index contributed by atoms with van der Waals surface area (Å²) in [6.45, 7) is 1.53. The van der Waals surface area contributed by atoms with Crippen molar-refractivity contribution < 1.29 is 23.8 Å². The van der Waals surface area contributed by atoms with Gasteiger partial charge in [0.05, 0.1) is 39.3 Å². The molecule has 0 saturated carbocycles. The van der Waals surface area contributed by atoms with Gasteiger partial charge in [-0.2, -0.15) is 0 Å². The lowest BCUT2D eigenvalue weighted by atomic mass is 10.2. The molecule has 3 rings (SSSR count). The standard InChI is InChI=1S/C18H22N4O5S/c1-25-11-4-5-14(26-2)13(8-11)19-16(23)10-22-7-6-12-15(9-22)28-17(20-12)21-18(24)27-3/h4-5,8H,6-7,9-10H2,1-3H3,(H,19,23)(H,20,21,24). The predicted molar refractivity (Wildman–Crippen MR) is 105 cm³/mol. The van der Waals surface area contributed by atoms with Crippen molar-refractivity contribution in [1.82, 2.24) is 9.88 Å². The Bertz CT molecular complexity index is 870. The van der Waals surface area contributed by atoms with E-state index >= 15 is 0 Å². The maximum atomic E-state index is 12.5. The van der Waals surface area contributed by atoms with Gasteiger partial charge in [-0.1, -0.05) is 11.3 Å². The maximum Gasteiger partial charge on any atom is 0.413 e. The summed E-state index contributed by atoms with van der Waals surface area (Å²) in [4.78, 5) is 31.3. The minimum absolute atomic E-state index is 0.146. The zero-order valence-corrected chi connectivity index (χ0v) is 16.7. The molecule has 0 unspecified atom stereocenters. The molecular weight excluding hydrogens is 384 g/mol. The molecular formula is C18H22N4O5S. The van der Waals surface area contributed by atoms with Gasteiger partial charge in [-0.05, 0) is 12.1 Å². The van der Waals surface area contributed by atoms with Gasteiger partial charge in [0.25, 0.3) is 0 Å².